The van der Waals surface area contributed by atoms with Crippen LogP contribution in [-0.2, 0) is 19.0 Å². The Kier molecular flexibility index (Phi) is 8.54. The van der Waals surface area contributed by atoms with E-state index in [1.54, 1.807) is 0 Å². The maximum absolute atomic E-state index is 10.5. The van der Waals surface area contributed by atoms with Gasteiger partial charge in [0, 0.05) is 22.3 Å². The number of ether oxygens (including phenoxy) is 3. The van der Waals surface area contributed by atoms with Crippen LogP contribution in [0, 0.1) is 0 Å². The van der Waals surface area contributed by atoms with Gasteiger partial charge in [-0.3, -0.25) is 4.79 Å². The van der Waals surface area contributed by atoms with Crippen molar-refractivity contribution in [3.05, 3.63) is 0 Å². The van der Waals surface area contributed by atoms with E-state index in [0.29, 0.717) is 25.9 Å². The van der Waals surface area contributed by atoms with E-state index in [1.807, 2.05) is 6.92 Å². The summed E-state index contributed by atoms with van der Waals surface area (Å²) in [5, 5.41) is 11.7. The number of hydrogen-bond donors (Lipinski definition) is 2. The number of nitrogens with zero attached hydrogens (tertiary/aromatic N) is 1. The molecule has 1 amide bonds. The first-order chi connectivity index (χ1) is 9.06. The molecule has 0 aliphatic carbocycles. The third-order valence-electron chi connectivity index (χ3n) is 3.11. The zero-order chi connectivity index (χ0) is 13.8. The molecule has 0 unspecified atom stereocenters. The fraction of sp³-hybridized carbons (Fsp3) is 0.846. The van der Waals surface area contributed by atoms with Crippen LogP contribution in [0.15, 0.2) is 4.99 Å². The fourth-order valence-corrected chi connectivity index (χ4v) is 2.18. The number of amides is 1. The topological polar surface area (TPSA) is 89.4 Å². The Morgan fingerprint density at radius 2 is 1.95 bits per heavy atom. The van der Waals surface area contributed by atoms with Gasteiger partial charge in [0.1, 0.15) is 12.1 Å². The summed E-state index contributed by atoms with van der Waals surface area (Å²) in [5.41, 5.74) is 0. The van der Waals surface area contributed by atoms with Crippen molar-refractivity contribution in [1.29, 1.82) is 0 Å². The van der Waals surface area contributed by atoms with E-state index in [1.165, 1.54) is 6.92 Å². The third-order valence-corrected chi connectivity index (χ3v) is 3.11. The monoisotopic (exact) mass is 299 g/mol. The zero-order valence-electron chi connectivity index (χ0n) is 11.7. The Morgan fingerprint density at radius 3 is 2.48 bits per heavy atom. The van der Waals surface area contributed by atoms with E-state index < -0.39 is 6.10 Å². The molecule has 21 heavy (non-hydrogen) atoms. The predicted octanol–water partition coefficient (Wildman–Crippen LogP) is -0.660. The van der Waals surface area contributed by atoms with Crippen molar-refractivity contribution in [2.45, 2.75) is 45.6 Å². The summed E-state index contributed by atoms with van der Waals surface area (Å²) in [5.74, 6) is 0.683. The van der Waals surface area contributed by atoms with Crippen molar-refractivity contribution in [2.24, 2.45) is 4.99 Å². The maximum atomic E-state index is 10.5. The summed E-state index contributed by atoms with van der Waals surface area (Å²) in [6, 6.07) is 0.0856. The quantitative estimate of drug-likeness (QED) is 0.627. The molecule has 0 aromatic rings. The number of aliphatic hydroxyl groups excluding tert-OH is 1. The molecule has 2 fully saturated rings. The molecule has 3 aliphatic heterocycles. The summed E-state index contributed by atoms with van der Waals surface area (Å²) >= 11 is 0. The van der Waals surface area contributed by atoms with Gasteiger partial charge in [-0.15, -0.1) is 0 Å². The van der Waals surface area contributed by atoms with Gasteiger partial charge in [0.2, 0.25) is 5.91 Å². The van der Waals surface area contributed by atoms with Crippen LogP contribution in [0.1, 0.15) is 21.3 Å². The summed E-state index contributed by atoms with van der Waals surface area (Å²) in [6.45, 7) is 5.50. The van der Waals surface area contributed by atoms with Gasteiger partial charge in [-0.05, 0) is 0 Å². The van der Waals surface area contributed by atoms with Crippen LogP contribution in [0.25, 0.3) is 0 Å². The molecule has 2 saturated heterocycles. The molecule has 3 heterocycles. The fourth-order valence-electron chi connectivity index (χ4n) is 2.18. The molecule has 0 aromatic heterocycles. The molecule has 3 aliphatic rings. The van der Waals surface area contributed by atoms with E-state index >= 15 is 0 Å². The highest BCUT2D eigenvalue weighted by Crippen LogP contribution is 2.19. The molecule has 3 radical (unpaired) electrons. The van der Waals surface area contributed by atoms with Crippen LogP contribution < -0.4 is 5.32 Å². The van der Waals surface area contributed by atoms with Crippen LogP contribution in [0.4, 0.5) is 0 Å². The number of aliphatic hydroxyl groups is 1. The van der Waals surface area contributed by atoms with E-state index in [-0.39, 0.29) is 33.9 Å². The molecule has 0 spiro atoms. The molecule has 8 heteroatoms. The number of nitrogens with one attached hydrogen (secondary N) is 1. The number of rotatable bonds is 1. The van der Waals surface area contributed by atoms with Crippen LogP contribution in [0.5, 0.6) is 0 Å². The third kappa shape index (κ3) is 5.64. The van der Waals surface area contributed by atoms with Crippen molar-refractivity contribution in [2.75, 3.05) is 26.4 Å². The molecular weight excluding hydrogens is 275 g/mol. The molecule has 7 nitrogen and oxygen atoms in total. The summed E-state index contributed by atoms with van der Waals surface area (Å²) in [6.07, 6.45) is -0.311. The van der Waals surface area contributed by atoms with E-state index in [4.69, 9.17) is 19.3 Å². The van der Waals surface area contributed by atoms with Crippen molar-refractivity contribution in [1.82, 2.24) is 5.32 Å². The Morgan fingerprint density at radius 1 is 1.29 bits per heavy atom. The minimum Gasteiger partial charge on any atom is -0.473 e. The molecule has 119 valence electrons. The minimum absolute atomic E-state index is 0. The number of hydrogen-bond acceptors (Lipinski definition) is 6. The van der Waals surface area contributed by atoms with Crippen LogP contribution in [0.3, 0.4) is 0 Å². The van der Waals surface area contributed by atoms with E-state index in [2.05, 4.69) is 10.3 Å². The van der Waals surface area contributed by atoms with Gasteiger partial charge in [-0.25, -0.2) is 4.99 Å². The lowest BCUT2D eigenvalue weighted by Crippen LogP contribution is -2.41. The normalized spacial score (nSPS) is 32.4. The minimum atomic E-state index is -0.538. The highest BCUT2D eigenvalue weighted by molar-refractivity contribution is 5.76. The first-order valence-electron chi connectivity index (χ1n) is 6.38. The van der Waals surface area contributed by atoms with Gasteiger partial charge < -0.3 is 24.6 Å². The Balaban J connectivity index is 0.000000348. The Bertz CT molecular complexity index is 366. The van der Waals surface area contributed by atoms with Gasteiger partial charge in [-0.2, -0.15) is 0 Å². The summed E-state index contributed by atoms with van der Waals surface area (Å²) < 4.78 is 15.3. The zero-order valence-corrected chi connectivity index (χ0v) is 11.7. The van der Waals surface area contributed by atoms with Crippen molar-refractivity contribution in [3.63, 3.8) is 0 Å². The first-order valence-corrected chi connectivity index (χ1v) is 6.38. The average Bonchev–Trinajstić information content (AvgIpc) is 2.96. The smallest absolute Gasteiger partial charge is 0.217 e. The second kappa shape index (κ2) is 9.02. The van der Waals surface area contributed by atoms with Crippen molar-refractivity contribution in [3.8, 4) is 0 Å². The Labute approximate surface area is 127 Å². The largest absolute Gasteiger partial charge is 0.473 e. The highest BCUT2D eigenvalue weighted by atomic mass is 16.6. The Hall–Kier alpha value is -1.12. The highest BCUT2D eigenvalue weighted by Gasteiger charge is 2.34. The second-order valence-electron chi connectivity index (χ2n) is 4.82. The standard InChI is InChI=1S/C6H11NO3.C6H9NO2.CH4.B/c1-4(8)7-5-2-10-3-6(5)9;1-4-7-5-2-8-3-6(5)9-4;;/h5-6,9H,2-3H2,1H3,(H,7,8);5-6H,2-3H2,1H3;1H4;/t5-,6-;5-,6+;;/m00../s1. The summed E-state index contributed by atoms with van der Waals surface area (Å²) in [7, 11) is 0. The van der Waals surface area contributed by atoms with Gasteiger partial charge >= 0.3 is 0 Å². The average molecular weight is 299 g/mol. The second-order valence-corrected chi connectivity index (χ2v) is 4.82. The SMILES string of the molecule is C.CC(=O)N[C@H]1COC[C@@H]1O.CC1=N[C@H]2COC[C@H]2O1.[B]. The number of fused-ring (bicyclic) bond motifs is 1. The predicted molar refractivity (Wildman–Crippen MR) is 79.5 cm³/mol. The molecule has 0 saturated carbocycles. The number of carbonyl (C=O) groups excluding carboxylic acids is 1. The van der Waals surface area contributed by atoms with Gasteiger partial charge in [0.15, 0.2) is 5.90 Å². The maximum Gasteiger partial charge on any atom is 0.217 e. The molecule has 3 rings (SSSR count). The summed E-state index contributed by atoms with van der Waals surface area (Å²) in [4.78, 5) is 14.7. The lowest BCUT2D eigenvalue weighted by Gasteiger charge is -2.11. The number of carbonyl (C=O) groups is 1. The van der Waals surface area contributed by atoms with E-state index in [0.717, 1.165) is 12.5 Å². The van der Waals surface area contributed by atoms with Crippen LogP contribution in [-0.4, -0.2) is 76.0 Å². The lowest BCUT2D eigenvalue weighted by atomic mass is 10.2. The van der Waals surface area contributed by atoms with Gasteiger partial charge in [0.05, 0.1) is 38.6 Å². The number of aliphatic imine (C=N–C) groups is 1. The molecule has 0 bridgehead atoms. The van der Waals surface area contributed by atoms with E-state index in [9.17, 15) is 4.79 Å². The van der Waals surface area contributed by atoms with Gasteiger partial charge in [0.25, 0.3) is 0 Å². The van der Waals surface area contributed by atoms with Gasteiger partial charge in [-0.1, -0.05) is 7.43 Å². The molecule has 4 atom stereocenters. The molecule has 0 aromatic carbocycles. The van der Waals surface area contributed by atoms with Crippen LogP contribution in [0.2, 0.25) is 0 Å². The molecular formula is C13H24BN2O5. The van der Waals surface area contributed by atoms with Crippen LogP contribution >= 0.6 is 0 Å². The first kappa shape index (κ1) is 19.9. The van der Waals surface area contributed by atoms with Crippen molar-refractivity contribution < 1.29 is 24.1 Å². The van der Waals surface area contributed by atoms with Crippen molar-refractivity contribution >= 4 is 20.2 Å². The molecule has 2 N–H and O–H groups in total. The lowest BCUT2D eigenvalue weighted by molar-refractivity contribution is -0.120.